The zero-order valence-electron chi connectivity index (χ0n) is 12.9. The van der Waals surface area contributed by atoms with E-state index in [2.05, 4.69) is 6.92 Å². The van der Waals surface area contributed by atoms with E-state index in [-0.39, 0.29) is 17.9 Å². The van der Waals surface area contributed by atoms with Crippen LogP contribution < -0.4 is 5.73 Å². The molecule has 0 bridgehead atoms. The zero-order valence-corrected chi connectivity index (χ0v) is 12.9. The number of likely N-dealkylation sites (N-methyl/N-ethyl adjacent to an activating group) is 1. The molecule has 4 heteroatoms. The molecule has 2 atom stereocenters. The van der Waals surface area contributed by atoms with Crippen LogP contribution in [-0.4, -0.2) is 37.1 Å². The number of amides is 1. The van der Waals surface area contributed by atoms with E-state index in [1.807, 2.05) is 43.0 Å². The number of methoxy groups -OCH3 is 1. The Morgan fingerprint density at radius 2 is 1.90 bits per heavy atom. The fourth-order valence-corrected chi connectivity index (χ4v) is 2.39. The Bertz CT molecular complexity index is 417. The van der Waals surface area contributed by atoms with Gasteiger partial charge in [-0.15, -0.1) is 0 Å². The van der Waals surface area contributed by atoms with Gasteiger partial charge in [-0.3, -0.25) is 4.79 Å². The number of hydrogen-bond acceptors (Lipinski definition) is 3. The Hall–Kier alpha value is -1.55. The number of carbonyl (C=O) groups excluding carboxylic acids is 1. The van der Waals surface area contributed by atoms with Crippen molar-refractivity contribution in [2.75, 3.05) is 26.0 Å². The standard InChI is InChI=1S/C16H26N2O2/c1-5-18(13(3)11-20-4)16(19)10-12(2)14-6-8-15(17)9-7-14/h6-9,12-13H,5,10-11,17H2,1-4H3. The van der Waals surface area contributed by atoms with E-state index in [1.54, 1.807) is 7.11 Å². The molecule has 0 spiro atoms. The van der Waals surface area contributed by atoms with Crippen molar-refractivity contribution in [1.29, 1.82) is 0 Å². The van der Waals surface area contributed by atoms with Crippen LogP contribution in [0.2, 0.25) is 0 Å². The van der Waals surface area contributed by atoms with Crippen molar-refractivity contribution in [3.63, 3.8) is 0 Å². The predicted molar refractivity (Wildman–Crippen MR) is 82.6 cm³/mol. The minimum atomic E-state index is 0.108. The van der Waals surface area contributed by atoms with Crippen LogP contribution in [0.25, 0.3) is 0 Å². The monoisotopic (exact) mass is 278 g/mol. The highest BCUT2D eigenvalue weighted by Crippen LogP contribution is 2.21. The lowest BCUT2D eigenvalue weighted by Gasteiger charge is -2.28. The van der Waals surface area contributed by atoms with Crippen LogP contribution in [0, 0.1) is 0 Å². The average Bonchev–Trinajstić information content (AvgIpc) is 2.40. The summed E-state index contributed by atoms with van der Waals surface area (Å²) in [5, 5.41) is 0. The summed E-state index contributed by atoms with van der Waals surface area (Å²) in [5.74, 6) is 0.355. The van der Waals surface area contributed by atoms with Crippen LogP contribution in [0.15, 0.2) is 24.3 Å². The molecule has 1 aromatic carbocycles. The molecule has 0 aliphatic heterocycles. The van der Waals surface area contributed by atoms with Crippen molar-refractivity contribution in [3.05, 3.63) is 29.8 Å². The van der Waals surface area contributed by atoms with Gasteiger partial charge in [-0.1, -0.05) is 19.1 Å². The highest BCUT2D eigenvalue weighted by molar-refractivity contribution is 5.77. The number of carbonyl (C=O) groups is 1. The molecular weight excluding hydrogens is 252 g/mol. The van der Waals surface area contributed by atoms with Gasteiger partial charge in [0.05, 0.1) is 12.6 Å². The lowest BCUT2D eigenvalue weighted by atomic mass is 9.96. The third kappa shape index (κ3) is 4.53. The minimum Gasteiger partial charge on any atom is -0.399 e. The number of ether oxygens (including phenoxy) is 1. The maximum Gasteiger partial charge on any atom is 0.223 e. The van der Waals surface area contributed by atoms with Crippen LogP contribution in [0.5, 0.6) is 0 Å². The molecule has 1 amide bonds. The summed E-state index contributed by atoms with van der Waals surface area (Å²) in [6.07, 6.45) is 0.506. The largest absolute Gasteiger partial charge is 0.399 e. The SMILES string of the molecule is CCN(C(=O)CC(C)c1ccc(N)cc1)C(C)COC. The second kappa shape index (κ2) is 7.90. The van der Waals surface area contributed by atoms with E-state index in [1.165, 1.54) is 0 Å². The summed E-state index contributed by atoms with van der Waals surface area (Å²) in [6.45, 7) is 7.35. The molecule has 2 N–H and O–H groups in total. The van der Waals surface area contributed by atoms with E-state index >= 15 is 0 Å². The van der Waals surface area contributed by atoms with Gasteiger partial charge in [0.2, 0.25) is 5.91 Å². The average molecular weight is 278 g/mol. The lowest BCUT2D eigenvalue weighted by molar-refractivity contribution is -0.134. The van der Waals surface area contributed by atoms with Crippen LogP contribution >= 0.6 is 0 Å². The quantitative estimate of drug-likeness (QED) is 0.780. The first kappa shape index (κ1) is 16.5. The van der Waals surface area contributed by atoms with E-state index in [4.69, 9.17) is 10.5 Å². The first-order chi connectivity index (χ1) is 9.49. The van der Waals surface area contributed by atoms with Crippen LogP contribution in [-0.2, 0) is 9.53 Å². The maximum absolute atomic E-state index is 12.4. The van der Waals surface area contributed by atoms with Gasteiger partial charge in [-0.05, 0) is 37.5 Å². The van der Waals surface area contributed by atoms with Crippen molar-refractivity contribution in [3.8, 4) is 0 Å². The molecule has 0 aromatic heterocycles. The van der Waals surface area contributed by atoms with Crippen molar-refractivity contribution >= 4 is 11.6 Å². The molecular formula is C16H26N2O2. The number of nitrogens with zero attached hydrogens (tertiary/aromatic N) is 1. The molecule has 0 heterocycles. The predicted octanol–water partition coefficient (Wildman–Crippen LogP) is 2.65. The minimum absolute atomic E-state index is 0.108. The topological polar surface area (TPSA) is 55.6 Å². The molecule has 0 radical (unpaired) electrons. The van der Waals surface area contributed by atoms with Crippen LogP contribution in [0.3, 0.4) is 0 Å². The summed E-state index contributed by atoms with van der Waals surface area (Å²) < 4.78 is 5.13. The molecule has 4 nitrogen and oxygen atoms in total. The summed E-state index contributed by atoms with van der Waals surface area (Å²) in [4.78, 5) is 14.3. The highest BCUT2D eigenvalue weighted by Gasteiger charge is 2.20. The Balaban J connectivity index is 2.65. The van der Waals surface area contributed by atoms with Crippen molar-refractivity contribution < 1.29 is 9.53 Å². The number of nitrogens with two attached hydrogens (primary N) is 1. The van der Waals surface area contributed by atoms with Gasteiger partial charge >= 0.3 is 0 Å². The van der Waals surface area contributed by atoms with Gasteiger partial charge in [0.1, 0.15) is 0 Å². The summed E-state index contributed by atoms with van der Waals surface area (Å²) in [6, 6.07) is 7.84. The molecule has 0 aliphatic rings. The van der Waals surface area contributed by atoms with Crippen LogP contribution in [0.4, 0.5) is 5.69 Å². The normalized spacial score (nSPS) is 13.8. The molecule has 0 fully saturated rings. The van der Waals surface area contributed by atoms with Gasteiger partial charge in [0, 0.05) is 25.8 Å². The fourth-order valence-electron chi connectivity index (χ4n) is 2.39. The molecule has 20 heavy (non-hydrogen) atoms. The molecule has 1 aromatic rings. The Morgan fingerprint density at radius 3 is 2.40 bits per heavy atom. The molecule has 112 valence electrons. The summed E-state index contributed by atoms with van der Waals surface area (Å²) in [7, 11) is 1.66. The Labute approximate surface area is 121 Å². The molecule has 0 saturated heterocycles. The number of anilines is 1. The molecule has 2 unspecified atom stereocenters. The Morgan fingerprint density at radius 1 is 1.30 bits per heavy atom. The summed E-state index contributed by atoms with van der Waals surface area (Å²) in [5.41, 5.74) is 7.57. The third-order valence-corrected chi connectivity index (χ3v) is 3.59. The molecule has 1 rings (SSSR count). The van der Waals surface area contributed by atoms with Gasteiger partial charge in [0.25, 0.3) is 0 Å². The van der Waals surface area contributed by atoms with Gasteiger partial charge in [-0.2, -0.15) is 0 Å². The highest BCUT2D eigenvalue weighted by atomic mass is 16.5. The van der Waals surface area contributed by atoms with Gasteiger partial charge in [0.15, 0.2) is 0 Å². The third-order valence-electron chi connectivity index (χ3n) is 3.59. The van der Waals surface area contributed by atoms with Crippen molar-refractivity contribution in [1.82, 2.24) is 4.90 Å². The zero-order chi connectivity index (χ0) is 15.1. The molecule has 0 aliphatic carbocycles. The fraction of sp³-hybridized carbons (Fsp3) is 0.562. The van der Waals surface area contributed by atoms with E-state index in [0.717, 1.165) is 11.3 Å². The Kier molecular flexibility index (Phi) is 6.52. The first-order valence-electron chi connectivity index (χ1n) is 7.13. The van der Waals surface area contributed by atoms with E-state index in [9.17, 15) is 4.79 Å². The number of nitrogen functional groups attached to an aromatic ring is 1. The smallest absolute Gasteiger partial charge is 0.223 e. The van der Waals surface area contributed by atoms with Gasteiger partial charge < -0.3 is 15.4 Å². The number of benzene rings is 1. The second-order valence-electron chi connectivity index (χ2n) is 5.26. The lowest BCUT2D eigenvalue weighted by Crippen LogP contribution is -2.41. The van der Waals surface area contributed by atoms with Crippen molar-refractivity contribution in [2.24, 2.45) is 0 Å². The van der Waals surface area contributed by atoms with Crippen LogP contribution in [0.1, 0.15) is 38.7 Å². The maximum atomic E-state index is 12.4. The van der Waals surface area contributed by atoms with Crippen molar-refractivity contribution in [2.45, 2.75) is 39.2 Å². The van der Waals surface area contributed by atoms with E-state index in [0.29, 0.717) is 19.6 Å². The number of hydrogen-bond donors (Lipinski definition) is 1. The second-order valence-corrected chi connectivity index (χ2v) is 5.26. The first-order valence-corrected chi connectivity index (χ1v) is 7.13. The molecule has 0 saturated carbocycles. The number of rotatable bonds is 7. The van der Waals surface area contributed by atoms with Gasteiger partial charge in [-0.25, -0.2) is 0 Å². The summed E-state index contributed by atoms with van der Waals surface area (Å²) >= 11 is 0. The van der Waals surface area contributed by atoms with E-state index < -0.39 is 0 Å².